The van der Waals surface area contributed by atoms with Crippen LogP contribution in [0, 0.1) is 0 Å². The largest absolute Gasteiger partial charge is 0.508 e. The number of amides is 2. The van der Waals surface area contributed by atoms with Crippen LogP contribution in [0.25, 0.3) is 0 Å². The molecule has 0 spiro atoms. The van der Waals surface area contributed by atoms with E-state index in [4.69, 9.17) is 0 Å². The number of allylic oxidation sites excluding steroid dienone is 2. The Morgan fingerprint density at radius 1 is 0.793 bits per heavy atom. The van der Waals surface area contributed by atoms with Gasteiger partial charge < -0.3 is 5.11 Å². The fourth-order valence-electron chi connectivity index (χ4n) is 3.23. The van der Waals surface area contributed by atoms with Crippen LogP contribution in [0.5, 0.6) is 5.75 Å². The molecule has 0 heterocycles. The van der Waals surface area contributed by atoms with Crippen molar-refractivity contribution in [2.45, 2.75) is 96.8 Å². The lowest BCUT2D eigenvalue weighted by Crippen LogP contribution is -2.30. The first-order valence-corrected chi connectivity index (χ1v) is 11.4. The van der Waals surface area contributed by atoms with Gasteiger partial charge >= 0.3 is 0 Å². The van der Waals surface area contributed by atoms with E-state index in [0.29, 0.717) is 12.0 Å². The van der Waals surface area contributed by atoms with Crippen molar-refractivity contribution in [3.05, 3.63) is 42.0 Å². The topological polar surface area (TPSA) is 66.4 Å². The molecule has 4 nitrogen and oxygen atoms in total. The summed E-state index contributed by atoms with van der Waals surface area (Å²) in [4.78, 5) is 23.7. The van der Waals surface area contributed by atoms with Crippen molar-refractivity contribution in [3.63, 3.8) is 0 Å². The Kier molecular flexibility index (Phi) is 14.5. The van der Waals surface area contributed by atoms with Gasteiger partial charge in [-0.15, -0.1) is 0 Å². The minimum atomic E-state index is -0.414. The second-order valence-electron chi connectivity index (χ2n) is 7.76. The van der Waals surface area contributed by atoms with E-state index < -0.39 is 5.91 Å². The molecule has 0 aliphatic heterocycles. The third-order valence-corrected chi connectivity index (χ3v) is 5.05. The summed E-state index contributed by atoms with van der Waals surface area (Å²) in [6.45, 7) is 2.25. The van der Waals surface area contributed by atoms with Crippen molar-refractivity contribution in [3.8, 4) is 5.75 Å². The molecular weight excluding hydrogens is 362 g/mol. The number of phenols is 1. The number of hydrogen-bond acceptors (Lipinski definition) is 3. The molecule has 0 fully saturated rings. The predicted molar refractivity (Wildman–Crippen MR) is 120 cm³/mol. The van der Waals surface area contributed by atoms with Crippen LogP contribution in [0.2, 0.25) is 0 Å². The standard InChI is InChI=1S/C25H39NO3/c1-2-3-4-5-6-7-8-9-10-11-12-13-14-15-16-17-24(28)26-25(29)22-18-20-23(27)21-19-22/h9-10,18-21,27H,2-8,11-17H2,1H3,(H,26,28,29). The van der Waals surface area contributed by atoms with Crippen molar-refractivity contribution in [1.29, 1.82) is 0 Å². The molecule has 0 atom stereocenters. The third kappa shape index (κ3) is 13.7. The van der Waals surface area contributed by atoms with Gasteiger partial charge in [0.1, 0.15) is 5.75 Å². The second kappa shape index (κ2) is 16.8. The number of benzene rings is 1. The van der Waals surface area contributed by atoms with Crippen LogP contribution in [0.3, 0.4) is 0 Å². The highest BCUT2D eigenvalue weighted by Crippen LogP contribution is 2.11. The van der Waals surface area contributed by atoms with E-state index in [-0.39, 0.29) is 11.7 Å². The lowest BCUT2D eigenvalue weighted by Gasteiger charge is -2.04. The van der Waals surface area contributed by atoms with Gasteiger partial charge in [-0.05, 0) is 56.4 Å². The molecule has 0 aliphatic rings. The van der Waals surface area contributed by atoms with Crippen LogP contribution < -0.4 is 5.32 Å². The van der Waals surface area contributed by atoms with Crippen LogP contribution in [0.15, 0.2) is 36.4 Å². The molecule has 0 radical (unpaired) electrons. The summed E-state index contributed by atoms with van der Waals surface area (Å²) in [6.07, 6.45) is 20.9. The SMILES string of the molecule is CCCCCCCCC=CCCCCCCCC(=O)NC(=O)c1ccc(O)cc1. The van der Waals surface area contributed by atoms with Crippen LogP contribution >= 0.6 is 0 Å². The Morgan fingerprint density at radius 2 is 1.31 bits per heavy atom. The van der Waals surface area contributed by atoms with Crippen molar-refractivity contribution >= 4 is 11.8 Å². The zero-order chi connectivity index (χ0) is 21.2. The molecule has 0 aromatic heterocycles. The molecule has 29 heavy (non-hydrogen) atoms. The Morgan fingerprint density at radius 3 is 1.90 bits per heavy atom. The first kappa shape index (κ1) is 24.9. The van der Waals surface area contributed by atoms with E-state index in [9.17, 15) is 14.7 Å². The average Bonchev–Trinajstić information content (AvgIpc) is 2.71. The van der Waals surface area contributed by atoms with E-state index in [0.717, 1.165) is 25.7 Å². The number of hydrogen-bond donors (Lipinski definition) is 2. The number of carbonyl (C=O) groups excluding carboxylic acids is 2. The number of aromatic hydroxyl groups is 1. The predicted octanol–water partition coefficient (Wildman–Crippen LogP) is 6.69. The molecule has 0 unspecified atom stereocenters. The summed E-state index contributed by atoms with van der Waals surface area (Å²) in [5.74, 6) is -0.551. The first-order valence-electron chi connectivity index (χ1n) is 11.4. The number of nitrogens with one attached hydrogen (secondary N) is 1. The van der Waals surface area contributed by atoms with Gasteiger partial charge in [0.05, 0.1) is 0 Å². The van der Waals surface area contributed by atoms with Crippen LogP contribution in [0.1, 0.15) is 107 Å². The van der Waals surface area contributed by atoms with Crippen molar-refractivity contribution in [1.82, 2.24) is 5.32 Å². The number of imide groups is 1. The van der Waals surface area contributed by atoms with E-state index in [2.05, 4.69) is 24.4 Å². The molecule has 4 heteroatoms. The summed E-state index contributed by atoms with van der Waals surface area (Å²) >= 11 is 0. The number of carbonyl (C=O) groups is 2. The van der Waals surface area contributed by atoms with Gasteiger partial charge in [-0.1, -0.05) is 70.4 Å². The molecular formula is C25H39NO3. The molecule has 1 aromatic rings. The number of phenolic OH excluding ortho intramolecular Hbond substituents is 1. The maximum Gasteiger partial charge on any atom is 0.257 e. The lowest BCUT2D eigenvalue weighted by molar-refractivity contribution is -0.120. The monoisotopic (exact) mass is 401 g/mol. The quantitative estimate of drug-likeness (QED) is 0.240. The zero-order valence-corrected chi connectivity index (χ0v) is 18.1. The Bertz CT molecular complexity index is 593. The van der Waals surface area contributed by atoms with Gasteiger partial charge in [-0.2, -0.15) is 0 Å². The lowest BCUT2D eigenvalue weighted by atomic mass is 10.1. The molecule has 0 aliphatic carbocycles. The summed E-state index contributed by atoms with van der Waals surface area (Å²) in [6, 6.07) is 5.87. The maximum atomic E-state index is 11.9. The average molecular weight is 402 g/mol. The van der Waals surface area contributed by atoms with Gasteiger partial charge in [0.15, 0.2) is 0 Å². The van der Waals surface area contributed by atoms with E-state index in [1.165, 1.54) is 82.1 Å². The molecule has 0 saturated carbocycles. The molecule has 1 aromatic carbocycles. The van der Waals surface area contributed by atoms with Crippen molar-refractivity contribution < 1.29 is 14.7 Å². The summed E-state index contributed by atoms with van der Waals surface area (Å²) in [7, 11) is 0. The van der Waals surface area contributed by atoms with Gasteiger partial charge in [-0.3, -0.25) is 14.9 Å². The number of unbranched alkanes of at least 4 members (excludes halogenated alkanes) is 11. The van der Waals surface area contributed by atoms with Crippen molar-refractivity contribution in [2.24, 2.45) is 0 Å². The highest BCUT2D eigenvalue weighted by molar-refractivity contribution is 6.04. The van der Waals surface area contributed by atoms with Crippen molar-refractivity contribution in [2.75, 3.05) is 0 Å². The summed E-state index contributed by atoms with van der Waals surface area (Å²) < 4.78 is 0. The fourth-order valence-corrected chi connectivity index (χ4v) is 3.23. The molecule has 1 rings (SSSR count). The van der Waals surface area contributed by atoms with Gasteiger partial charge in [0.25, 0.3) is 5.91 Å². The summed E-state index contributed by atoms with van der Waals surface area (Å²) in [5, 5.41) is 11.6. The van der Waals surface area contributed by atoms with Crippen LogP contribution in [-0.4, -0.2) is 16.9 Å². The smallest absolute Gasteiger partial charge is 0.257 e. The van der Waals surface area contributed by atoms with E-state index in [1.807, 2.05) is 0 Å². The van der Waals surface area contributed by atoms with E-state index in [1.54, 1.807) is 0 Å². The molecule has 2 N–H and O–H groups in total. The highest BCUT2D eigenvalue weighted by atomic mass is 16.3. The minimum absolute atomic E-state index is 0.0983. The minimum Gasteiger partial charge on any atom is -0.508 e. The molecule has 2 amide bonds. The maximum absolute atomic E-state index is 11.9. The van der Waals surface area contributed by atoms with Crippen LogP contribution in [0.4, 0.5) is 0 Å². The molecule has 0 saturated heterocycles. The molecule has 0 bridgehead atoms. The molecule has 162 valence electrons. The Hall–Kier alpha value is -2.10. The van der Waals surface area contributed by atoms with E-state index >= 15 is 0 Å². The summed E-state index contributed by atoms with van der Waals surface area (Å²) in [5.41, 5.74) is 0.376. The Balaban J connectivity index is 1.92. The van der Waals surface area contributed by atoms with Gasteiger partial charge in [0, 0.05) is 12.0 Å². The highest BCUT2D eigenvalue weighted by Gasteiger charge is 2.09. The second-order valence-corrected chi connectivity index (χ2v) is 7.76. The number of rotatable bonds is 16. The van der Waals surface area contributed by atoms with Crippen LogP contribution in [-0.2, 0) is 4.79 Å². The van der Waals surface area contributed by atoms with Gasteiger partial charge in [-0.25, -0.2) is 0 Å². The first-order chi connectivity index (χ1) is 14.1. The normalized spacial score (nSPS) is 11.1. The van der Waals surface area contributed by atoms with Gasteiger partial charge in [0.2, 0.25) is 5.91 Å². The third-order valence-electron chi connectivity index (χ3n) is 5.05. The Labute approximate surface area is 176 Å². The fraction of sp³-hybridized carbons (Fsp3) is 0.600. The zero-order valence-electron chi connectivity index (χ0n) is 18.1.